The molecule has 36 heavy (non-hydrogen) atoms. The van der Waals surface area contributed by atoms with E-state index in [-0.39, 0.29) is 24.0 Å². The molecule has 1 aromatic carbocycles. The van der Waals surface area contributed by atoms with Crippen molar-refractivity contribution >= 4 is 34.5 Å². The van der Waals surface area contributed by atoms with Crippen molar-refractivity contribution in [3.63, 3.8) is 0 Å². The molecule has 2 aliphatic rings. The number of amides is 2. The van der Waals surface area contributed by atoms with E-state index in [0.717, 1.165) is 61.0 Å². The van der Waals surface area contributed by atoms with Crippen molar-refractivity contribution in [2.24, 2.45) is 17.8 Å². The van der Waals surface area contributed by atoms with E-state index in [1.54, 1.807) is 11.9 Å². The van der Waals surface area contributed by atoms with Gasteiger partial charge in [0, 0.05) is 42.7 Å². The summed E-state index contributed by atoms with van der Waals surface area (Å²) in [5.74, 6) is 1.21. The lowest BCUT2D eigenvalue weighted by molar-refractivity contribution is -0.140. The molecule has 4 rings (SSSR count). The Morgan fingerprint density at radius 3 is 2.53 bits per heavy atom. The topological polar surface area (TPSA) is 65.6 Å². The number of aromatic amines is 1. The normalized spacial score (nSPS) is 22.6. The third kappa shape index (κ3) is 5.85. The molecule has 1 fully saturated rings. The molecular weight excluding hydrogens is 474 g/mol. The van der Waals surface area contributed by atoms with E-state index in [1.807, 2.05) is 32.9 Å². The number of benzene rings is 1. The fraction of sp³-hybridized carbons (Fsp3) is 0.655. The predicted molar refractivity (Wildman–Crippen MR) is 145 cm³/mol. The van der Waals surface area contributed by atoms with Crippen LogP contribution in [0.1, 0.15) is 84.0 Å². The van der Waals surface area contributed by atoms with Gasteiger partial charge < -0.3 is 19.5 Å². The fourth-order valence-corrected chi connectivity index (χ4v) is 6.25. The van der Waals surface area contributed by atoms with Crippen LogP contribution in [0.4, 0.5) is 4.79 Å². The van der Waals surface area contributed by atoms with Gasteiger partial charge in [-0.05, 0) is 88.8 Å². The third-order valence-corrected chi connectivity index (χ3v) is 7.95. The molecule has 1 aromatic heterocycles. The van der Waals surface area contributed by atoms with E-state index in [0.29, 0.717) is 18.4 Å². The molecule has 7 heteroatoms. The first kappa shape index (κ1) is 26.8. The van der Waals surface area contributed by atoms with Crippen molar-refractivity contribution in [3.8, 4) is 0 Å². The number of nitrogens with one attached hydrogen (secondary N) is 1. The second-order valence-electron chi connectivity index (χ2n) is 12.2. The number of fused-ring (bicyclic) bond motifs is 3. The van der Waals surface area contributed by atoms with Gasteiger partial charge >= 0.3 is 6.09 Å². The Morgan fingerprint density at radius 2 is 1.89 bits per heavy atom. The molecule has 0 saturated heterocycles. The lowest BCUT2D eigenvalue weighted by Crippen LogP contribution is -2.45. The van der Waals surface area contributed by atoms with Crippen LogP contribution in [0.3, 0.4) is 0 Å². The Bertz CT molecular complexity index is 1100. The Balaban J connectivity index is 1.43. The van der Waals surface area contributed by atoms with Gasteiger partial charge in [-0.25, -0.2) is 4.79 Å². The summed E-state index contributed by atoms with van der Waals surface area (Å²) in [6.45, 7) is 11.5. The van der Waals surface area contributed by atoms with E-state index in [9.17, 15) is 9.59 Å². The van der Waals surface area contributed by atoms with Crippen molar-refractivity contribution < 1.29 is 14.3 Å². The van der Waals surface area contributed by atoms with Crippen LogP contribution in [0.15, 0.2) is 18.2 Å². The number of carbonyl (C=O) groups is 2. The third-order valence-electron chi connectivity index (χ3n) is 7.63. The number of halogens is 1. The van der Waals surface area contributed by atoms with Gasteiger partial charge in [0.25, 0.3) is 0 Å². The van der Waals surface area contributed by atoms with Crippen molar-refractivity contribution in [2.45, 2.75) is 84.8 Å². The van der Waals surface area contributed by atoms with E-state index in [4.69, 9.17) is 16.3 Å². The van der Waals surface area contributed by atoms with Crippen molar-refractivity contribution in [1.82, 2.24) is 14.8 Å². The zero-order chi connectivity index (χ0) is 26.2. The highest BCUT2D eigenvalue weighted by molar-refractivity contribution is 6.35. The van der Waals surface area contributed by atoms with Gasteiger partial charge in [0.15, 0.2) is 0 Å². The van der Waals surface area contributed by atoms with E-state index in [2.05, 4.69) is 29.8 Å². The molecule has 1 saturated carbocycles. The maximum absolute atomic E-state index is 13.8. The van der Waals surface area contributed by atoms with Gasteiger partial charge in [-0.2, -0.15) is 0 Å². The van der Waals surface area contributed by atoms with Gasteiger partial charge in [0.1, 0.15) is 5.60 Å². The summed E-state index contributed by atoms with van der Waals surface area (Å²) in [6, 6.07) is 6.06. The van der Waals surface area contributed by atoms with Crippen molar-refractivity contribution in [2.75, 3.05) is 20.1 Å². The minimum absolute atomic E-state index is 0.0530. The predicted octanol–water partition coefficient (Wildman–Crippen LogP) is 6.97. The number of rotatable bonds is 5. The lowest BCUT2D eigenvalue weighted by atomic mass is 9.80. The second kappa shape index (κ2) is 10.6. The van der Waals surface area contributed by atoms with Crippen LogP contribution in [0.2, 0.25) is 5.02 Å². The number of hydrogen-bond acceptors (Lipinski definition) is 3. The molecule has 1 unspecified atom stereocenters. The SMILES string of the molecule is CC(C)CC1c2[nH]c3cccc(Cl)c3c2CCN1C(=O)[C@H]1CC[C@H](CN(C)C(=O)OC(C)(C)C)CC1. The number of H-pyrrole nitrogens is 1. The Hall–Kier alpha value is -2.21. The van der Waals surface area contributed by atoms with Crippen molar-refractivity contribution in [3.05, 3.63) is 34.5 Å². The van der Waals surface area contributed by atoms with Crippen LogP contribution in [0.5, 0.6) is 0 Å². The monoisotopic (exact) mass is 515 g/mol. The summed E-state index contributed by atoms with van der Waals surface area (Å²) in [7, 11) is 1.81. The van der Waals surface area contributed by atoms with E-state index < -0.39 is 5.60 Å². The number of carbonyl (C=O) groups excluding carboxylic acids is 2. The second-order valence-corrected chi connectivity index (χ2v) is 12.6. The molecule has 6 nitrogen and oxygen atoms in total. The number of ether oxygens (including phenoxy) is 1. The quantitative estimate of drug-likeness (QED) is 0.467. The van der Waals surface area contributed by atoms with Gasteiger partial charge in [0.05, 0.1) is 11.1 Å². The average molecular weight is 516 g/mol. The van der Waals surface area contributed by atoms with Crippen LogP contribution in [0, 0.1) is 17.8 Å². The summed E-state index contributed by atoms with van der Waals surface area (Å²) in [5.41, 5.74) is 3.01. The number of nitrogens with zero attached hydrogens (tertiary/aromatic N) is 2. The molecule has 198 valence electrons. The molecule has 1 N–H and O–H groups in total. The summed E-state index contributed by atoms with van der Waals surface area (Å²) < 4.78 is 5.50. The summed E-state index contributed by atoms with van der Waals surface area (Å²) in [5, 5.41) is 1.90. The van der Waals surface area contributed by atoms with Gasteiger partial charge in [-0.3, -0.25) is 4.79 Å². The molecule has 1 atom stereocenters. The minimum atomic E-state index is -0.493. The Morgan fingerprint density at radius 1 is 1.19 bits per heavy atom. The fourth-order valence-electron chi connectivity index (χ4n) is 5.96. The Kier molecular flexibility index (Phi) is 7.94. The molecule has 0 spiro atoms. The largest absolute Gasteiger partial charge is 0.444 e. The maximum atomic E-state index is 13.8. The number of hydrogen-bond donors (Lipinski definition) is 1. The van der Waals surface area contributed by atoms with Crippen LogP contribution in [-0.4, -0.2) is 52.5 Å². The van der Waals surface area contributed by atoms with E-state index >= 15 is 0 Å². The first-order valence-electron chi connectivity index (χ1n) is 13.5. The first-order chi connectivity index (χ1) is 16.9. The highest BCUT2D eigenvalue weighted by atomic mass is 35.5. The maximum Gasteiger partial charge on any atom is 0.410 e. The summed E-state index contributed by atoms with van der Waals surface area (Å²) in [6.07, 6.45) is 5.15. The molecule has 0 bridgehead atoms. The van der Waals surface area contributed by atoms with Gasteiger partial charge in [-0.1, -0.05) is 31.5 Å². The Labute approximate surface area is 220 Å². The highest BCUT2D eigenvalue weighted by Crippen LogP contribution is 2.42. The van der Waals surface area contributed by atoms with Crippen LogP contribution >= 0.6 is 11.6 Å². The van der Waals surface area contributed by atoms with Crippen LogP contribution in [-0.2, 0) is 16.0 Å². The van der Waals surface area contributed by atoms with Crippen molar-refractivity contribution in [1.29, 1.82) is 0 Å². The first-order valence-corrected chi connectivity index (χ1v) is 13.9. The molecule has 0 radical (unpaired) electrons. The van der Waals surface area contributed by atoms with Crippen LogP contribution < -0.4 is 0 Å². The van der Waals surface area contributed by atoms with Gasteiger partial charge in [0.2, 0.25) is 5.91 Å². The number of aromatic nitrogens is 1. The molecule has 2 heterocycles. The van der Waals surface area contributed by atoms with Crippen LogP contribution in [0.25, 0.3) is 10.9 Å². The summed E-state index contributed by atoms with van der Waals surface area (Å²) in [4.78, 5) is 33.6. The zero-order valence-corrected chi connectivity index (χ0v) is 23.5. The molecule has 2 amide bonds. The minimum Gasteiger partial charge on any atom is -0.444 e. The zero-order valence-electron chi connectivity index (χ0n) is 22.7. The van der Waals surface area contributed by atoms with E-state index in [1.165, 1.54) is 11.3 Å². The molecule has 2 aromatic rings. The van der Waals surface area contributed by atoms with Gasteiger partial charge in [-0.15, -0.1) is 0 Å². The smallest absolute Gasteiger partial charge is 0.410 e. The summed E-state index contributed by atoms with van der Waals surface area (Å²) >= 11 is 6.58. The molecule has 1 aliphatic carbocycles. The standard InChI is InChI=1S/C29H42ClN3O3/c1-18(2)16-24-26-21(25-22(30)8-7-9-23(25)31-26)14-15-33(24)27(34)20-12-10-19(11-13-20)17-32(6)28(35)36-29(3,4)5/h7-9,18-20,24,31H,10-17H2,1-6H3/t19-,20-,24?. The molecule has 1 aliphatic heterocycles. The lowest BCUT2D eigenvalue weighted by Gasteiger charge is -2.40. The molecular formula is C29H42ClN3O3. The average Bonchev–Trinajstić information content (AvgIpc) is 3.18. The highest BCUT2D eigenvalue weighted by Gasteiger charge is 2.38.